The molecule has 0 bridgehead atoms. The summed E-state index contributed by atoms with van der Waals surface area (Å²) in [6, 6.07) is 0. The zero-order valence-corrected chi connectivity index (χ0v) is 9.86. The number of ether oxygens (including phenoxy) is 3. The maximum absolute atomic E-state index is 9.02. The van der Waals surface area contributed by atoms with Gasteiger partial charge in [0, 0.05) is 6.61 Å². The van der Waals surface area contributed by atoms with E-state index in [0.717, 1.165) is 0 Å². The van der Waals surface area contributed by atoms with Gasteiger partial charge in [-0.15, -0.1) is 0 Å². The van der Waals surface area contributed by atoms with Crippen molar-refractivity contribution in [2.75, 3.05) is 39.6 Å². The van der Waals surface area contributed by atoms with Gasteiger partial charge in [-0.05, 0) is 6.92 Å². The molecule has 0 aliphatic carbocycles. The average Bonchev–Trinajstić information content (AvgIpc) is 2.23. The second kappa shape index (κ2) is 15.7. The van der Waals surface area contributed by atoms with Crippen LogP contribution < -0.4 is 0 Å². The number of aliphatic hydroxyl groups is 2. The van der Waals surface area contributed by atoms with Crippen LogP contribution in [0.15, 0.2) is 0 Å². The molecular weight excluding hydrogens is 235 g/mol. The highest BCUT2D eigenvalue weighted by molar-refractivity contribution is 6.30. The Labute approximate surface area is 101 Å². The summed E-state index contributed by atoms with van der Waals surface area (Å²) in [6.07, 6.45) is -0.858. The van der Waals surface area contributed by atoms with E-state index in [-0.39, 0.29) is 13.2 Å². The van der Waals surface area contributed by atoms with E-state index in [4.69, 9.17) is 39.5 Å². The lowest BCUT2D eigenvalue weighted by Crippen LogP contribution is -2.20. The van der Waals surface area contributed by atoms with E-state index in [1.165, 1.54) is 0 Å². The maximum Gasteiger partial charge on any atom is 0.631 e. The van der Waals surface area contributed by atoms with Crippen molar-refractivity contribution in [2.45, 2.75) is 13.2 Å². The second-order valence-corrected chi connectivity index (χ2v) is 2.67. The fourth-order valence-electron chi connectivity index (χ4n) is 0.709. The van der Waals surface area contributed by atoms with E-state index >= 15 is 0 Å². The molecule has 0 aliphatic heterocycles. The van der Waals surface area contributed by atoms with Crippen LogP contribution >= 0.6 is 0 Å². The Morgan fingerprint density at radius 3 is 2.06 bits per heavy atom. The molecule has 0 heterocycles. The average molecular weight is 256 g/mol. The van der Waals surface area contributed by atoms with Gasteiger partial charge in [0.1, 0.15) is 0 Å². The summed E-state index contributed by atoms with van der Waals surface area (Å²) in [6.45, 7) is 3.55. The fraction of sp³-hybridized carbons (Fsp3) is 1.00. The van der Waals surface area contributed by atoms with Crippen LogP contribution in [0.3, 0.4) is 0 Å². The molecule has 17 heavy (non-hydrogen) atoms. The Bertz CT molecular complexity index is 134. The van der Waals surface area contributed by atoms with E-state index in [1.54, 1.807) is 6.92 Å². The summed E-state index contributed by atoms with van der Waals surface area (Å²) < 4.78 is 14.8. The Hall–Kier alpha value is -0.255. The van der Waals surface area contributed by atoms with Crippen molar-refractivity contribution in [3.8, 4) is 0 Å². The maximum atomic E-state index is 9.02. The third-order valence-electron chi connectivity index (χ3n) is 1.23. The van der Waals surface area contributed by atoms with Gasteiger partial charge in [0.05, 0.1) is 33.0 Å². The summed E-state index contributed by atoms with van der Waals surface area (Å²) in [4.78, 5) is 0. The quantitative estimate of drug-likeness (QED) is 0.171. The minimum absolute atomic E-state index is 0.0154. The largest absolute Gasteiger partial charge is 0.631 e. The highest BCUT2D eigenvalue weighted by atomic mass is 16.6. The summed E-state index contributed by atoms with van der Waals surface area (Å²) in [7, 11) is -2.17. The van der Waals surface area contributed by atoms with Crippen LogP contribution in [0.1, 0.15) is 6.92 Å². The second-order valence-electron chi connectivity index (χ2n) is 2.67. The van der Waals surface area contributed by atoms with E-state index in [2.05, 4.69) is 0 Å². The van der Waals surface area contributed by atoms with Crippen LogP contribution in [0.25, 0.3) is 0 Å². The number of aliphatic hydroxyl groups excluding tert-OH is 2. The van der Waals surface area contributed by atoms with Crippen molar-refractivity contribution in [2.24, 2.45) is 0 Å². The minimum Gasteiger partial charge on any atom is -0.402 e. The molecule has 0 saturated carbocycles. The molecule has 0 aliphatic rings. The molecule has 9 heteroatoms. The number of hydrogen-bond donors (Lipinski definition) is 5. The SMILES string of the molecule is CCOC(O)COCCOCCO.OB(O)O. The van der Waals surface area contributed by atoms with Crippen molar-refractivity contribution in [1.82, 2.24) is 0 Å². The zero-order chi connectivity index (χ0) is 13.5. The van der Waals surface area contributed by atoms with Crippen LogP contribution in [0.2, 0.25) is 0 Å². The summed E-state index contributed by atoms with van der Waals surface area (Å²) >= 11 is 0. The Balaban J connectivity index is 0. The normalized spacial score (nSPS) is 11.6. The molecule has 0 fully saturated rings. The minimum atomic E-state index is -2.17. The Morgan fingerprint density at radius 1 is 1.06 bits per heavy atom. The van der Waals surface area contributed by atoms with Crippen LogP contribution in [0.5, 0.6) is 0 Å². The topological polar surface area (TPSA) is 129 Å². The third kappa shape index (κ3) is 25.8. The summed E-state index contributed by atoms with van der Waals surface area (Å²) in [5.74, 6) is 0. The van der Waals surface area contributed by atoms with E-state index < -0.39 is 13.6 Å². The first kappa shape index (κ1) is 19.1. The molecule has 0 saturated heterocycles. The highest BCUT2D eigenvalue weighted by Crippen LogP contribution is 1.88. The van der Waals surface area contributed by atoms with Gasteiger partial charge >= 0.3 is 7.32 Å². The van der Waals surface area contributed by atoms with Gasteiger partial charge < -0.3 is 39.5 Å². The first-order valence-corrected chi connectivity index (χ1v) is 5.14. The molecule has 0 aromatic heterocycles. The predicted octanol–water partition coefficient (Wildman–Crippen LogP) is -2.68. The standard InChI is InChI=1S/C8H18O5.BH3O3/c1-2-13-8(10)7-12-6-5-11-4-3-9;2-1(3)4/h8-10H,2-7H2,1H3;2-4H. The lowest BCUT2D eigenvalue weighted by molar-refractivity contribution is -0.137. The van der Waals surface area contributed by atoms with Gasteiger partial charge in [0.25, 0.3) is 0 Å². The molecule has 0 aromatic rings. The molecular formula is C8H21BO8. The lowest BCUT2D eigenvalue weighted by atomic mass is 10.3. The van der Waals surface area contributed by atoms with E-state index in [1.807, 2.05) is 0 Å². The molecule has 0 rings (SSSR count). The first-order valence-electron chi connectivity index (χ1n) is 5.14. The van der Waals surface area contributed by atoms with Gasteiger partial charge in [-0.2, -0.15) is 0 Å². The summed E-state index contributed by atoms with van der Waals surface area (Å²) in [5.41, 5.74) is 0. The van der Waals surface area contributed by atoms with Gasteiger partial charge in [-0.1, -0.05) is 0 Å². The van der Waals surface area contributed by atoms with Crippen molar-refractivity contribution in [1.29, 1.82) is 0 Å². The van der Waals surface area contributed by atoms with Crippen LogP contribution in [0.4, 0.5) is 0 Å². The van der Waals surface area contributed by atoms with Crippen LogP contribution in [-0.4, -0.2) is 78.5 Å². The molecule has 8 nitrogen and oxygen atoms in total. The molecule has 5 N–H and O–H groups in total. The molecule has 0 aromatic carbocycles. The first-order chi connectivity index (χ1) is 8.04. The van der Waals surface area contributed by atoms with E-state index in [9.17, 15) is 0 Å². The monoisotopic (exact) mass is 256 g/mol. The van der Waals surface area contributed by atoms with Crippen molar-refractivity contribution < 1.29 is 39.5 Å². The van der Waals surface area contributed by atoms with Gasteiger partial charge in [-0.3, -0.25) is 0 Å². The molecule has 104 valence electrons. The predicted molar refractivity (Wildman–Crippen MR) is 58.8 cm³/mol. The molecule has 1 atom stereocenters. The Kier molecular flexibility index (Phi) is 17.7. The molecule has 0 spiro atoms. The molecule has 0 radical (unpaired) electrons. The van der Waals surface area contributed by atoms with Crippen LogP contribution in [0, 0.1) is 0 Å². The lowest BCUT2D eigenvalue weighted by Gasteiger charge is -2.10. The van der Waals surface area contributed by atoms with Gasteiger partial charge in [0.15, 0.2) is 6.29 Å². The molecule has 1 unspecified atom stereocenters. The number of rotatable bonds is 9. The van der Waals surface area contributed by atoms with Crippen molar-refractivity contribution in [3.63, 3.8) is 0 Å². The van der Waals surface area contributed by atoms with Gasteiger partial charge in [0.2, 0.25) is 0 Å². The van der Waals surface area contributed by atoms with Crippen molar-refractivity contribution in [3.05, 3.63) is 0 Å². The zero-order valence-electron chi connectivity index (χ0n) is 9.86. The van der Waals surface area contributed by atoms with Crippen LogP contribution in [-0.2, 0) is 14.2 Å². The molecule has 0 amide bonds. The Morgan fingerprint density at radius 2 is 1.59 bits per heavy atom. The van der Waals surface area contributed by atoms with Gasteiger partial charge in [-0.25, -0.2) is 0 Å². The van der Waals surface area contributed by atoms with Crippen molar-refractivity contribution >= 4 is 7.32 Å². The summed E-state index contributed by atoms with van der Waals surface area (Å²) in [5, 5.41) is 38.9. The number of hydrogen-bond acceptors (Lipinski definition) is 8. The third-order valence-corrected chi connectivity index (χ3v) is 1.23. The highest BCUT2D eigenvalue weighted by Gasteiger charge is 2.01. The smallest absolute Gasteiger partial charge is 0.402 e. The fourth-order valence-corrected chi connectivity index (χ4v) is 0.709. The van der Waals surface area contributed by atoms with E-state index in [0.29, 0.717) is 26.4 Å².